The van der Waals surface area contributed by atoms with Crippen LogP contribution in [0.1, 0.15) is 0 Å². The number of nitrogens with zero attached hydrogens (tertiary/aromatic N) is 2. The molecule has 0 aliphatic rings. The van der Waals surface area contributed by atoms with Gasteiger partial charge in [-0.2, -0.15) is 0 Å². The Kier molecular flexibility index (Phi) is 2.05. The zero-order valence-electron chi connectivity index (χ0n) is 6.62. The first-order valence-corrected chi connectivity index (χ1v) is 4.32. The van der Waals surface area contributed by atoms with Gasteiger partial charge in [-0.25, -0.2) is 4.98 Å². The largest absolute Gasteiger partial charge is 0.329 e. The third-order valence-corrected chi connectivity index (χ3v) is 2.20. The second kappa shape index (κ2) is 3.11. The van der Waals surface area contributed by atoms with Gasteiger partial charge in [-0.3, -0.25) is 10.1 Å². The van der Waals surface area contributed by atoms with Gasteiger partial charge in [0.25, 0.3) is 5.69 Å². The van der Waals surface area contributed by atoms with Crippen LogP contribution in [0.4, 0.5) is 5.69 Å². The molecule has 2 rings (SSSR count). The predicted octanol–water partition coefficient (Wildman–Crippen LogP) is 2.78. The number of nitro groups is 1. The number of nitrogens with one attached hydrogen (secondary N) is 1. The highest BCUT2D eigenvalue weighted by atomic mass is 35.5. The van der Waals surface area contributed by atoms with Gasteiger partial charge in [0.1, 0.15) is 5.02 Å². The number of aromatic amines is 1. The van der Waals surface area contributed by atoms with E-state index in [-0.39, 0.29) is 16.0 Å². The van der Waals surface area contributed by atoms with Crippen LogP contribution in [0.5, 0.6) is 0 Å². The Morgan fingerprint density at radius 1 is 1.43 bits per heavy atom. The maximum absolute atomic E-state index is 10.5. The zero-order valence-corrected chi connectivity index (χ0v) is 8.13. The van der Waals surface area contributed by atoms with Gasteiger partial charge in [0.05, 0.1) is 16.0 Å². The van der Waals surface area contributed by atoms with Crippen molar-refractivity contribution >= 4 is 39.9 Å². The van der Waals surface area contributed by atoms with E-state index in [0.717, 1.165) is 0 Å². The molecule has 0 atom stereocenters. The fourth-order valence-electron chi connectivity index (χ4n) is 1.13. The summed E-state index contributed by atoms with van der Waals surface area (Å²) in [4.78, 5) is 16.5. The van der Waals surface area contributed by atoms with E-state index in [4.69, 9.17) is 23.2 Å². The van der Waals surface area contributed by atoms with Crippen LogP contribution in [0.2, 0.25) is 10.3 Å². The molecule has 1 heterocycles. The highest BCUT2D eigenvalue weighted by Gasteiger charge is 2.15. The highest BCUT2D eigenvalue weighted by molar-refractivity contribution is 6.33. The van der Waals surface area contributed by atoms with Crippen LogP contribution in [-0.4, -0.2) is 14.9 Å². The van der Waals surface area contributed by atoms with Crippen LogP contribution in [0.3, 0.4) is 0 Å². The lowest BCUT2D eigenvalue weighted by Crippen LogP contribution is -1.88. The minimum atomic E-state index is -0.565. The maximum Gasteiger partial charge on any atom is 0.290 e. The number of benzene rings is 1. The van der Waals surface area contributed by atoms with Crippen LogP contribution >= 0.6 is 23.2 Å². The van der Waals surface area contributed by atoms with Crippen molar-refractivity contribution in [3.8, 4) is 0 Å². The monoisotopic (exact) mass is 231 g/mol. The van der Waals surface area contributed by atoms with Gasteiger partial charge in [-0.15, -0.1) is 0 Å². The van der Waals surface area contributed by atoms with Gasteiger partial charge in [-0.05, 0) is 17.7 Å². The summed E-state index contributed by atoms with van der Waals surface area (Å²) in [6, 6.07) is 2.70. The summed E-state index contributed by atoms with van der Waals surface area (Å²) in [5, 5.41) is 10.8. The topological polar surface area (TPSA) is 71.8 Å². The van der Waals surface area contributed by atoms with Gasteiger partial charge in [0.2, 0.25) is 5.28 Å². The molecule has 0 unspecified atom stereocenters. The van der Waals surface area contributed by atoms with Crippen LogP contribution in [0.25, 0.3) is 11.0 Å². The predicted molar refractivity (Wildman–Crippen MR) is 52.8 cm³/mol. The molecule has 1 aromatic carbocycles. The van der Waals surface area contributed by atoms with Crippen molar-refractivity contribution in [2.75, 3.05) is 0 Å². The van der Waals surface area contributed by atoms with Crippen molar-refractivity contribution in [1.29, 1.82) is 0 Å². The van der Waals surface area contributed by atoms with Gasteiger partial charge in [0, 0.05) is 6.07 Å². The normalized spacial score (nSPS) is 10.7. The number of aromatic nitrogens is 2. The molecular formula is C7H3Cl2N3O2. The van der Waals surface area contributed by atoms with E-state index < -0.39 is 4.92 Å². The van der Waals surface area contributed by atoms with Crippen LogP contribution in [0.15, 0.2) is 12.1 Å². The van der Waals surface area contributed by atoms with Crippen molar-refractivity contribution in [3.05, 3.63) is 32.6 Å². The summed E-state index contributed by atoms with van der Waals surface area (Å²) in [6.45, 7) is 0. The van der Waals surface area contributed by atoms with E-state index in [2.05, 4.69) is 9.97 Å². The molecule has 0 fully saturated rings. The van der Waals surface area contributed by atoms with Crippen molar-refractivity contribution in [1.82, 2.24) is 9.97 Å². The average molecular weight is 232 g/mol. The second-order valence-corrected chi connectivity index (χ2v) is 3.37. The number of fused-ring (bicyclic) bond motifs is 1. The molecule has 0 saturated carbocycles. The average Bonchev–Trinajstić information content (AvgIpc) is 2.42. The highest BCUT2D eigenvalue weighted by Crippen LogP contribution is 2.29. The summed E-state index contributed by atoms with van der Waals surface area (Å²) in [7, 11) is 0. The summed E-state index contributed by atoms with van der Waals surface area (Å²) in [5.41, 5.74) is 0.819. The smallest absolute Gasteiger partial charge is 0.290 e. The first-order chi connectivity index (χ1) is 6.58. The molecule has 14 heavy (non-hydrogen) atoms. The van der Waals surface area contributed by atoms with Crippen molar-refractivity contribution < 1.29 is 4.92 Å². The van der Waals surface area contributed by atoms with Crippen LogP contribution in [0, 0.1) is 10.1 Å². The summed E-state index contributed by atoms with van der Waals surface area (Å²) in [5.74, 6) is 0. The van der Waals surface area contributed by atoms with E-state index in [1.807, 2.05) is 0 Å². The van der Waals surface area contributed by atoms with Crippen molar-refractivity contribution in [2.45, 2.75) is 0 Å². The van der Waals surface area contributed by atoms with E-state index in [0.29, 0.717) is 11.0 Å². The Hall–Kier alpha value is -1.33. The molecular weight excluding hydrogens is 229 g/mol. The molecule has 0 aliphatic heterocycles. The van der Waals surface area contributed by atoms with E-state index >= 15 is 0 Å². The standard InChI is InChI=1S/C7H3Cl2N3O2/c8-3-1-4-5(11-7(9)10-4)2-6(3)12(13)14/h1-2H,(H,10,11). The number of hydrogen-bond acceptors (Lipinski definition) is 3. The molecule has 72 valence electrons. The van der Waals surface area contributed by atoms with Gasteiger partial charge in [-0.1, -0.05) is 11.6 Å². The van der Waals surface area contributed by atoms with Crippen molar-refractivity contribution in [2.24, 2.45) is 0 Å². The lowest BCUT2D eigenvalue weighted by Gasteiger charge is -1.93. The quantitative estimate of drug-likeness (QED) is 0.606. The lowest BCUT2D eigenvalue weighted by molar-refractivity contribution is -0.384. The molecule has 7 heteroatoms. The Morgan fingerprint density at radius 3 is 2.79 bits per heavy atom. The Balaban J connectivity index is 2.76. The molecule has 5 nitrogen and oxygen atoms in total. The molecule has 0 radical (unpaired) electrons. The number of H-pyrrole nitrogens is 1. The summed E-state index contributed by atoms with van der Waals surface area (Å²) < 4.78 is 0. The zero-order chi connectivity index (χ0) is 10.3. The van der Waals surface area contributed by atoms with Crippen LogP contribution < -0.4 is 0 Å². The minimum absolute atomic E-state index is 0.0582. The number of hydrogen-bond donors (Lipinski definition) is 1. The first-order valence-electron chi connectivity index (χ1n) is 3.57. The minimum Gasteiger partial charge on any atom is -0.329 e. The number of imidazole rings is 1. The molecule has 0 aliphatic carbocycles. The third kappa shape index (κ3) is 1.40. The lowest BCUT2D eigenvalue weighted by atomic mass is 10.3. The molecule has 1 N–H and O–H groups in total. The molecule has 1 aromatic heterocycles. The molecule has 0 spiro atoms. The Morgan fingerprint density at radius 2 is 2.14 bits per heavy atom. The molecule has 2 aromatic rings. The SMILES string of the molecule is O=[N+]([O-])c1cc2nc(Cl)[nH]c2cc1Cl. The molecule has 0 saturated heterocycles. The Labute approximate surface area is 87.8 Å². The van der Waals surface area contributed by atoms with Crippen molar-refractivity contribution in [3.63, 3.8) is 0 Å². The number of halogens is 2. The number of nitro benzene ring substituents is 1. The fourth-order valence-corrected chi connectivity index (χ4v) is 1.55. The first kappa shape index (κ1) is 9.23. The molecule has 0 amide bonds. The number of rotatable bonds is 1. The second-order valence-electron chi connectivity index (χ2n) is 2.61. The summed E-state index contributed by atoms with van der Waals surface area (Å²) >= 11 is 11.3. The fraction of sp³-hybridized carbons (Fsp3) is 0. The summed E-state index contributed by atoms with van der Waals surface area (Å²) in [6.07, 6.45) is 0. The van der Waals surface area contributed by atoms with Gasteiger partial charge in [0.15, 0.2) is 0 Å². The third-order valence-electron chi connectivity index (χ3n) is 1.72. The van der Waals surface area contributed by atoms with E-state index in [9.17, 15) is 10.1 Å². The van der Waals surface area contributed by atoms with Gasteiger partial charge < -0.3 is 4.98 Å². The van der Waals surface area contributed by atoms with E-state index in [1.54, 1.807) is 0 Å². The van der Waals surface area contributed by atoms with Crippen LogP contribution in [-0.2, 0) is 0 Å². The van der Waals surface area contributed by atoms with E-state index in [1.165, 1.54) is 12.1 Å². The van der Waals surface area contributed by atoms with Gasteiger partial charge >= 0.3 is 0 Å². The maximum atomic E-state index is 10.5. The molecule has 0 bridgehead atoms. The Bertz CT molecular complexity index is 523.